The van der Waals surface area contributed by atoms with E-state index in [1.54, 1.807) is 30.1 Å². The molecular formula is C11H13ClN6O. The third-order valence-corrected chi connectivity index (χ3v) is 2.86. The number of nitrogens with one attached hydrogen (secondary N) is 1. The third-order valence-electron chi connectivity index (χ3n) is 2.53. The van der Waals surface area contributed by atoms with Crippen molar-refractivity contribution in [1.29, 1.82) is 0 Å². The van der Waals surface area contributed by atoms with Crippen molar-refractivity contribution < 1.29 is 0 Å². The van der Waals surface area contributed by atoms with Crippen LogP contribution >= 0.6 is 11.6 Å². The summed E-state index contributed by atoms with van der Waals surface area (Å²) in [5.41, 5.74) is 11.7. The highest BCUT2D eigenvalue weighted by Gasteiger charge is 2.09. The summed E-state index contributed by atoms with van der Waals surface area (Å²) in [5.74, 6) is 0.603. The second kappa shape index (κ2) is 5.25. The molecule has 0 atom stereocenters. The predicted octanol–water partition coefficient (Wildman–Crippen LogP) is 0.420. The zero-order valence-electron chi connectivity index (χ0n) is 10.2. The van der Waals surface area contributed by atoms with Gasteiger partial charge in [-0.05, 0) is 18.2 Å². The molecule has 0 aliphatic rings. The Kier molecular flexibility index (Phi) is 3.68. The van der Waals surface area contributed by atoms with Crippen molar-refractivity contribution in [3.63, 3.8) is 0 Å². The molecule has 1 aromatic heterocycles. The van der Waals surface area contributed by atoms with Gasteiger partial charge in [-0.3, -0.25) is 4.98 Å². The number of nitrogens with zero attached hydrogens (tertiary/aromatic N) is 3. The van der Waals surface area contributed by atoms with Crippen molar-refractivity contribution in [2.75, 3.05) is 24.3 Å². The highest BCUT2D eigenvalue weighted by molar-refractivity contribution is 6.33. The summed E-state index contributed by atoms with van der Waals surface area (Å²) in [6.45, 7) is 0.200. The second-order valence-electron chi connectivity index (χ2n) is 3.92. The van der Waals surface area contributed by atoms with Gasteiger partial charge in [0, 0.05) is 12.6 Å². The van der Waals surface area contributed by atoms with E-state index in [4.69, 9.17) is 23.1 Å². The first-order valence-electron chi connectivity index (χ1n) is 5.46. The molecule has 0 saturated heterocycles. The summed E-state index contributed by atoms with van der Waals surface area (Å²) in [4.78, 5) is 23.6. The van der Waals surface area contributed by atoms with Gasteiger partial charge in [0.05, 0.1) is 17.4 Å². The molecule has 5 N–H and O–H groups in total. The molecule has 0 saturated carbocycles. The maximum Gasteiger partial charge on any atom is 0.349 e. The first-order chi connectivity index (χ1) is 9.01. The second-order valence-corrected chi connectivity index (χ2v) is 4.33. The molecule has 0 fully saturated rings. The van der Waals surface area contributed by atoms with Crippen molar-refractivity contribution in [2.24, 2.45) is 5.73 Å². The summed E-state index contributed by atoms with van der Waals surface area (Å²) < 4.78 is 0. The minimum atomic E-state index is -0.506. The van der Waals surface area contributed by atoms with Gasteiger partial charge in [-0.15, -0.1) is 0 Å². The zero-order valence-corrected chi connectivity index (χ0v) is 11.0. The Balaban J connectivity index is 2.52. The fourth-order valence-electron chi connectivity index (χ4n) is 1.44. The van der Waals surface area contributed by atoms with Crippen LogP contribution in [0.3, 0.4) is 0 Å². The molecule has 100 valence electrons. The largest absolute Gasteiger partial charge is 0.398 e. The molecule has 0 bridgehead atoms. The molecule has 0 radical (unpaired) electrons. The van der Waals surface area contributed by atoms with Gasteiger partial charge in [-0.25, -0.2) is 4.79 Å². The lowest BCUT2D eigenvalue weighted by Gasteiger charge is -2.14. The van der Waals surface area contributed by atoms with Gasteiger partial charge in [0.15, 0.2) is 0 Å². The van der Waals surface area contributed by atoms with Crippen molar-refractivity contribution in [1.82, 2.24) is 15.0 Å². The van der Waals surface area contributed by atoms with Crippen LogP contribution in [0.25, 0.3) is 11.4 Å². The van der Waals surface area contributed by atoms with Crippen molar-refractivity contribution >= 4 is 23.2 Å². The number of nitrogen functional groups attached to an aromatic ring is 1. The van der Waals surface area contributed by atoms with Crippen LogP contribution in [0, 0.1) is 0 Å². The SMILES string of the molecule is CN(CN)c1nc(-c2ccc(N)c(Cl)c2)[nH]c(=O)n1. The molecule has 0 amide bonds. The summed E-state index contributed by atoms with van der Waals surface area (Å²) in [5, 5.41) is 0.394. The van der Waals surface area contributed by atoms with E-state index in [9.17, 15) is 4.79 Å². The van der Waals surface area contributed by atoms with Crippen molar-refractivity contribution in [2.45, 2.75) is 0 Å². The van der Waals surface area contributed by atoms with E-state index in [0.717, 1.165) is 0 Å². The maximum atomic E-state index is 11.5. The lowest BCUT2D eigenvalue weighted by molar-refractivity contribution is 0.851. The average molecular weight is 281 g/mol. The van der Waals surface area contributed by atoms with Gasteiger partial charge >= 0.3 is 5.69 Å². The summed E-state index contributed by atoms with van der Waals surface area (Å²) >= 11 is 5.94. The third kappa shape index (κ3) is 2.83. The Labute approximate surface area is 114 Å². The number of anilines is 2. The number of halogens is 1. The van der Waals surface area contributed by atoms with Crippen molar-refractivity contribution in [3.8, 4) is 11.4 Å². The molecule has 19 heavy (non-hydrogen) atoms. The highest BCUT2D eigenvalue weighted by Crippen LogP contribution is 2.24. The van der Waals surface area contributed by atoms with Crippen LogP contribution in [0.1, 0.15) is 0 Å². The topological polar surface area (TPSA) is 114 Å². The Hall–Kier alpha value is -2.12. The van der Waals surface area contributed by atoms with E-state index < -0.39 is 5.69 Å². The summed E-state index contributed by atoms with van der Waals surface area (Å²) in [6, 6.07) is 4.98. The first-order valence-corrected chi connectivity index (χ1v) is 5.84. The molecule has 0 spiro atoms. The Morgan fingerprint density at radius 1 is 1.42 bits per heavy atom. The predicted molar refractivity (Wildman–Crippen MR) is 75.0 cm³/mol. The quantitative estimate of drug-likeness (QED) is 0.554. The van der Waals surface area contributed by atoms with Gasteiger partial charge in [-0.1, -0.05) is 11.6 Å². The van der Waals surface area contributed by atoms with E-state index in [-0.39, 0.29) is 12.6 Å². The highest BCUT2D eigenvalue weighted by atomic mass is 35.5. The lowest BCUT2D eigenvalue weighted by atomic mass is 10.2. The van der Waals surface area contributed by atoms with E-state index >= 15 is 0 Å². The summed E-state index contributed by atoms with van der Waals surface area (Å²) in [7, 11) is 1.69. The molecule has 0 unspecified atom stereocenters. The van der Waals surface area contributed by atoms with Crippen LogP contribution in [-0.2, 0) is 0 Å². The number of aromatic amines is 1. The molecule has 0 aliphatic carbocycles. The Morgan fingerprint density at radius 3 is 2.79 bits per heavy atom. The standard InChI is InChI=1S/C11H13ClN6O/c1-18(5-13)10-15-9(16-11(19)17-10)6-2-3-8(14)7(12)4-6/h2-4H,5,13-14H2,1H3,(H,15,16,17,19). The molecular weight excluding hydrogens is 268 g/mol. The number of hydrogen-bond acceptors (Lipinski definition) is 6. The molecule has 8 heteroatoms. The number of hydrogen-bond donors (Lipinski definition) is 3. The number of benzene rings is 1. The maximum absolute atomic E-state index is 11.5. The monoisotopic (exact) mass is 280 g/mol. The minimum Gasteiger partial charge on any atom is -0.398 e. The number of nitrogens with two attached hydrogens (primary N) is 2. The minimum absolute atomic E-state index is 0.200. The fourth-order valence-corrected chi connectivity index (χ4v) is 1.62. The molecule has 2 aromatic rings. The van der Waals surface area contributed by atoms with E-state index in [1.165, 1.54) is 0 Å². The van der Waals surface area contributed by atoms with E-state index in [0.29, 0.717) is 22.1 Å². The lowest BCUT2D eigenvalue weighted by Crippen LogP contribution is -2.29. The fraction of sp³-hybridized carbons (Fsp3) is 0.182. The number of H-pyrrole nitrogens is 1. The van der Waals surface area contributed by atoms with Crippen LogP contribution < -0.4 is 22.1 Å². The molecule has 7 nitrogen and oxygen atoms in total. The Bertz CT molecular complexity index is 656. The van der Waals surface area contributed by atoms with Crippen LogP contribution in [0.4, 0.5) is 11.6 Å². The normalized spacial score (nSPS) is 10.5. The molecule has 1 aromatic carbocycles. The van der Waals surface area contributed by atoms with Gasteiger partial charge in [0.2, 0.25) is 5.95 Å². The van der Waals surface area contributed by atoms with E-state index in [1.807, 2.05) is 0 Å². The zero-order chi connectivity index (χ0) is 14.0. The van der Waals surface area contributed by atoms with E-state index in [2.05, 4.69) is 15.0 Å². The number of rotatable bonds is 3. The van der Waals surface area contributed by atoms with Gasteiger partial charge in [-0.2, -0.15) is 9.97 Å². The van der Waals surface area contributed by atoms with Crippen LogP contribution in [0.2, 0.25) is 5.02 Å². The van der Waals surface area contributed by atoms with Gasteiger partial charge in [0.1, 0.15) is 5.82 Å². The Morgan fingerprint density at radius 2 is 2.16 bits per heavy atom. The van der Waals surface area contributed by atoms with Crippen LogP contribution in [-0.4, -0.2) is 28.7 Å². The van der Waals surface area contributed by atoms with Gasteiger partial charge < -0.3 is 16.4 Å². The molecule has 2 rings (SSSR count). The molecule has 0 aliphatic heterocycles. The van der Waals surface area contributed by atoms with Crippen molar-refractivity contribution in [3.05, 3.63) is 33.7 Å². The first kappa shape index (κ1) is 13.3. The average Bonchev–Trinajstić information content (AvgIpc) is 2.40. The van der Waals surface area contributed by atoms with Crippen LogP contribution in [0.15, 0.2) is 23.0 Å². The number of aromatic nitrogens is 3. The molecule has 1 heterocycles. The van der Waals surface area contributed by atoms with Gasteiger partial charge in [0.25, 0.3) is 0 Å². The summed E-state index contributed by atoms with van der Waals surface area (Å²) in [6.07, 6.45) is 0. The van der Waals surface area contributed by atoms with Crippen LogP contribution in [0.5, 0.6) is 0 Å². The smallest absolute Gasteiger partial charge is 0.349 e.